The maximum absolute atomic E-state index is 14.6. The minimum atomic E-state index is -0.370. The smallest absolute Gasteiger partial charge is 0.154 e. The zero-order valence-corrected chi connectivity index (χ0v) is 17.2. The number of carbonyl (C=O) groups excluding carboxylic acids is 1. The zero-order valence-electron chi connectivity index (χ0n) is 17.2. The summed E-state index contributed by atoms with van der Waals surface area (Å²) in [5.41, 5.74) is 3.87. The van der Waals surface area contributed by atoms with E-state index in [1.54, 1.807) is 0 Å². The van der Waals surface area contributed by atoms with Crippen molar-refractivity contribution >= 4 is 17.2 Å². The third-order valence-electron chi connectivity index (χ3n) is 7.21. The minimum Gasteiger partial charge on any atom is -0.388 e. The van der Waals surface area contributed by atoms with Crippen LogP contribution in [0.15, 0.2) is 48.5 Å². The summed E-state index contributed by atoms with van der Waals surface area (Å²) in [7, 11) is 3.93. The molecule has 148 valence electrons. The van der Waals surface area contributed by atoms with Crippen molar-refractivity contribution < 1.29 is 4.79 Å². The van der Waals surface area contributed by atoms with Crippen molar-refractivity contribution in [3.63, 3.8) is 0 Å². The number of para-hydroxylation sites is 2. The van der Waals surface area contributed by atoms with Gasteiger partial charge in [-0.2, -0.15) is 0 Å². The van der Waals surface area contributed by atoms with Crippen LogP contribution in [0.5, 0.6) is 0 Å². The predicted octanol–water partition coefficient (Wildman–Crippen LogP) is 5.66. The lowest BCUT2D eigenvalue weighted by Crippen LogP contribution is -2.47. The standard InChI is InChI=1S/C25H32N2O/c1-26-21-13-5-3-11-19(21)24(15-7-8-16-24)23(28)25(17-9-10-18-25)20-12-4-6-14-22(20)27-2/h3-6,11-14,26-27H,7-10,15-18H2,1-2H3. The van der Waals surface area contributed by atoms with Crippen molar-refractivity contribution in [2.24, 2.45) is 0 Å². The predicted molar refractivity (Wildman–Crippen MR) is 117 cm³/mol. The third kappa shape index (κ3) is 2.83. The van der Waals surface area contributed by atoms with Crippen LogP contribution < -0.4 is 10.6 Å². The quantitative estimate of drug-likeness (QED) is 0.683. The van der Waals surface area contributed by atoms with Gasteiger partial charge in [0.05, 0.1) is 10.8 Å². The van der Waals surface area contributed by atoms with E-state index < -0.39 is 0 Å². The maximum Gasteiger partial charge on any atom is 0.154 e. The second-order valence-corrected chi connectivity index (χ2v) is 8.50. The van der Waals surface area contributed by atoms with Crippen molar-refractivity contribution in [3.8, 4) is 0 Å². The van der Waals surface area contributed by atoms with Gasteiger partial charge in [-0.05, 0) is 48.9 Å². The normalized spacial score (nSPS) is 20.1. The molecule has 0 atom stereocenters. The van der Waals surface area contributed by atoms with Crippen LogP contribution in [-0.2, 0) is 15.6 Å². The average Bonchev–Trinajstić information content (AvgIpc) is 3.44. The van der Waals surface area contributed by atoms with Crippen LogP contribution in [0.25, 0.3) is 0 Å². The highest BCUT2D eigenvalue weighted by Crippen LogP contribution is 2.54. The van der Waals surface area contributed by atoms with Crippen molar-refractivity contribution in [2.45, 2.75) is 62.2 Å². The molecule has 4 rings (SSSR count). The molecule has 0 amide bonds. The molecule has 0 radical (unpaired) electrons. The summed E-state index contributed by atoms with van der Waals surface area (Å²) in [4.78, 5) is 14.6. The zero-order chi connectivity index (χ0) is 19.6. The first-order valence-electron chi connectivity index (χ1n) is 10.8. The molecule has 0 aromatic heterocycles. The summed E-state index contributed by atoms with van der Waals surface area (Å²) in [6.07, 6.45) is 8.40. The van der Waals surface area contributed by atoms with Crippen LogP contribution in [0.2, 0.25) is 0 Å². The molecule has 0 bridgehead atoms. The van der Waals surface area contributed by atoms with E-state index in [2.05, 4.69) is 59.2 Å². The number of hydrogen-bond donors (Lipinski definition) is 2. The fraction of sp³-hybridized carbons (Fsp3) is 0.480. The molecule has 0 aliphatic heterocycles. The topological polar surface area (TPSA) is 41.1 Å². The molecule has 2 saturated carbocycles. The number of nitrogens with one attached hydrogen (secondary N) is 2. The van der Waals surface area contributed by atoms with E-state index in [1.807, 2.05) is 14.1 Å². The molecule has 0 spiro atoms. The number of Topliss-reactive ketones (excluding diaryl/α,β-unsaturated/α-hetero) is 1. The van der Waals surface area contributed by atoms with Gasteiger partial charge in [-0.3, -0.25) is 4.79 Å². The number of benzene rings is 2. The summed E-state index contributed by atoms with van der Waals surface area (Å²) in [5, 5.41) is 6.71. The van der Waals surface area contributed by atoms with E-state index >= 15 is 0 Å². The number of rotatable bonds is 6. The van der Waals surface area contributed by atoms with Gasteiger partial charge in [0.1, 0.15) is 0 Å². The number of hydrogen-bond acceptors (Lipinski definition) is 3. The Balaban J connectivity index is 1.88. The molecular weight excluding hydrogens is 344 g/mol. The van der Waals surface area contributed by atoms with Gasteiger partial charge in [-0.1, -0.05) is 62.1 Å². The van der Waals surface area contributed by atoms with Gasteiger partial charge in [0, 0.05) is 25.5 Å². The Bertz CT molecular complexity index is 776. The number of carbonyl (C=O) groups is 1. The van der Waals surface area contributed by atoms with Gasteiger partial charge in [0.2, 0.25) is 0 Å². The summed E-state index contributed by atoms with van der Waals surface area (Å²) >= 11 is 0. The second-order valence-electron chi connectivity index (χ2n) is 8.50. The lowest BCUT2D eigenvalue weighted by Gasteiger charge is -2.40. The first-order chi connectivity index (χ1) is 13.7. The first kappa shape index (κ1) is 19.0. The Morgan fingerprint density at radius 2 is 1.04 bits per heavy atom. The number of ketones is 1. The fourth-order valence-corrected chi connectivity index (χ4v) is 5.89. The first-order valence-corrected chi connectivity index (χ1v) is 10.8. The maximum atomic E-state index is 14.6. The molecular formula is C25H32N2O. The van der Waals surface area contributed by atoms with E-state index in [4.69, 9.17) is 0 Å². The molecule has 0 heterocycles. The Morgan fingerprint density at radius 3 is 1.39 bits per heavy atom. The molecule has 3 heteroatoms. The summed E-state index contributed by atoms with van der Waals surface area (Å²) in [5.74, 6) is 0.459. The minimum absolute atomic E-state index is 0.370. The van der Waals surface area contributed by atoms with Gasteiger partial charge in [0.25, 0.3) is 0 Å². The average molecular weight is 377 g/mol. The molecule has 0 unspecified atom stereocenters. The SMILES string of the molecule is CNc1ccccc1C1(C(=O)C2(c3ccccc3NC)CCCC2)CCCC1. The second kappa shape index (κ2) is 7.62. The Labute approximate surface area is 168 Å². The molecule has 28 heavy (non-hydrogen) atoms. The summed E-state index contributed by atoms with van der Waals surface area (Å²) < 4.78 is 0. The van der Waals surface area contributed by atoms with Gasteiger partial charge < -0.3 is 10.6 Å². The monoisotopic (exact) mass is 376 g/mol. The fourth-order valence-electron chi connectivity index (χ4n) is 5.89. The molecule has 2 aromatic carbocycles. The summed E-state index contributed by atoms with van der Waals surface area (Å²) in [6, 6.07) is 16.9. The van der Waals surface area contributed by atoms with Crippen LogP contribution >= 0.6 is 0 Å². The van der Waals surface area contributed by atoms with Crippen LogP contribution in [0.1, 0.15) is 62.5 Å². The molecule has 3 nitrogen and oxygen atoms in total. The van der Waals surface area contributed by atoms with Gasteiger partial charge in [-0.25, -0.2) is 0 Å². The molecule has 2 aliphatic carbocycles. The van der Waals surface area contributed by atoms with E-state index in [0.717, 1.165) is 62.7 Å². The molecule has 2 aliphatic rings. The van der Waals surface area contributed by atoms with Crippen LogP contribution in [-0.4, -0.2) is 19.9 Å². The lowest BCUT2D eigenvalue weighted by atomic mass is 9.61. The van der Waals surface area contributed by atoms with Gasteiger partial charge >= 0.3 is 0 Å². The highest BCUT2D eigenvalue weighted by atomic mass is 16.1. The highest BCUT2D eigenvalue weighted by Gasteiger charge is 2.54. The third-order valence-corrected chi connectivity index (χ3v) is 7.21. The highest BCUT2D eigenvalue weighted by molar-refractivity contribution is 6.01. The van der Waals surface area contributed by atoms with E-state index in [-0.39, 0.29) is 10.8 Å². The van der Waals surface area contributed by atoms with E-state index in [1.165, 1.54) is 11.1 Å². The van der Waals surface area contributed by atoms with Gasteiger partial charge in [0.15, 0.2) is 5.78 Å². The van der Waals surface area contributed by atoms with E-state index in [9.17, 15) is 4.79 Å². The number of anilines is 2. The van der Waals surface area contributed by atoms with Crippen LogP contribution in [0.3, 0.4) is 0 Å². The van der Waals surface area contributed by atoms with Crippen LogP contribution in [0.4, 0.5) is 11.4 Å². The largest absolute Gasteiger partial charge is 0.388 e. The Kier molecular flexibility index (Phi) is 5.18. The van der Waals surface area contributed by atoms with Gasteiger partial charge in [-0.15, -0.1) is 0 Å². The van der Waals surface area contributed by atoms with Crippen molar-refractivity contribution in [2.75, 3.05) is 24.7 Å². The van der Waals surface area contributed by atoms with Crippen molar-refractivity contribution in [1.82, 2.24) is 0 Å². The molecule has 2 fully saturated rings. The van der Waals surface area contributed by atoms with Crippen LogP contribution in [0, 0.1) is 0 Å². The lowest BCUT2D eigenvalue weighted by molar-refractivity contribution is -0.130. The Hall–Kier alpha value is -2.29. The summed E-state index contributed by atoms with van der Waals surface area (Å²) in [6.45, 7) is 0. The molecule has 2 aromatic rings. The van der Waals surface area contributed by atoms with E-state index in [0.29, 0.717) is 5.78 Å². The van der Waals surface area contributed by atoms with Crippen molar-refractivity contribution in [3.05, 3.63) is 59.7 Å². The van der Waals surface area contributed by atoms with Crippen molar-refractivity contribution in [1.29, 1.82) is 0 Å². The Morgan fingerprint density at radius 1 is 0.679 bits per heavy atom. The molecule has 0 saturated heterocycles. The molecule has 2 N–H and O–H groups in total.